The van der Waals surface area contributed by atoms with Gasteiger partial charge >= 0.3 is 6.18 Å². The second-order valence-electron chi connectivity index (χ2n) is 6.48. The van der Waals surface area contributed by atoms with Gasteiger partial charge < -0.3 is 14.6 Å². The molecular weight excluding hydrogens is 371 g/mol. The minimum absolute atomic E-state index is 0.158. The third-order valence-corrected chi connectivity index (χ3v) is 4.73. The number of nitrogens with zero attached hydrogens (tertiary/aromatic N) is 2. The predicted molar refractivity (Wildman–Crippen MR) is 96.6 cm³/mol. The fourth-order valence-electron chi connectivity index (χ4n) is 3.42. The number of imidazole rings is 1. The van der Waals surface area contributed by atoms with Crippen molar-refractivity contribution in [3.05, 3.63) is 71.7 Å². The molecule has 1 atom stereocenters. The minimum atomic E-state index is -4.45. The molecule has 144 valence electrons. The molecule has 1 aromatic heterocycles. The number of carbonyl (C=O) groups excluding carboxylic acids is 1. The molecule has 0 fully saturated rings. The summed E-state index contributed by atoms with van der Waals surface area (Å²) in [4.78, 5) is 16.4. The summed E-state index contributed by atoms with van der Waals surface area (Å²) < 4.78 is 46.2. The van der Waals surface area contributed by atoms with Gasteiger partial charge in [0.25, 0.3) is 0 Å². The van der Waals surface area contributed by atoms with E-state index in [1.54, 1.807) is 23.8 Å². The highest BCUT2D eigenvalue weighted by Gasteiger charge is 2.33. The van der Waals surface area contributed by atoms with Crippen molar-refractivity contribution in [1.29, 1.82) is 0 Å². The first-order chi connectivity index (χ1) is 13.4. The average molecular weight is 387 g/mol. The van der Waals surface area contributed by atoms with E-state index in [4.69, 9.17) is 4.74 Å². The van der Waals surface area contributed by atoms with Gasteiger partial charge in [-0.1, -0.05) is 18.2 Å². The summed E-state index contributed by atoms with van der Waals surface area (Å²) in [6.45, 7) is 0. The molecule has 1 aliphatic heterocycles. The molecule has 2 heterocycles. The third-order valence-electron chi connectivity index (χ3n) is 4.73. The molecule has 3 aromatic rings. The number of ether oxygens (including phenoxy) is 1. The topological polar surface area (TPSA) is 56.1 Å². The number of rotatable bonds is 3. The number of hydrogen-bond acceptors (Lipinski definition) is 3. The standard InChI is InChI=1S/C20H16F3N3O2/c1-28-15-7-2-4-12(8-15)16-10-17(27)25-19-18(16)26(11-24-19)14-6-3-5-13(9-14)20(21,22)23/h2-9,11,16H,10H2,1H3,(H,25,27)/t16-/m1/s1. The molecule has 1 N–H and O–H groups in total. The number of benzene rings is 2. The fraction of sp³-hybridized carbons (Fsp3) is 0.200. The smallest absolute Gasteiger partial charge is 0.416 e. The van der Waals surface area contributed by atoms with Crippen LogP contribution in [0.15, 0.2) is 54.9 Å². The van der Waals surface area contributed by atoms with Crippen LogP contribution in [-0.2, 0) is 11.0 Å². The second kappa shape index (κ2) is 6.70. The summed E-state index contributed by atoms with van der Waals surface area (Å²) in [5.41, 5.74) is 1.04. The highest BCUT2D eigenvalue weighted by atomic mass is 19.4. The van der Waals surface area contributed by atoms with Crippen molar-refractivity contribution in [2.75, 3.05) is 12.4 Å². The number of halogens is 3. The average Bonchev–Trinajstić information content (AvgIpc) is 3.10. The molecule has 0 bridgehead atoms. The summed E-state index contributed by atoms with van der Waals surface area (Å²) in [7, 11) is 1.55. The van der Waals surface area contributed by atoms with E-state index in [1.807, 2.05) is 18.2 Å². The Hall–Kier alpha value is -3.29. The van der Waals surface area contributed by atoms with Gasteiger partial charge in [-0.25, -0.2) is 4.98 Å². The summed E-state index contributed by atoms with van der Waals surface area (Å²) in [6, 6.07) is 12.3. The molecule has 1 amide bonds. The molecule has 0 unspecified atom stereocenters. The van der Waals surface area contributed by atoms with E-state index in [0.29, 0.717) is 22.9 Å². The molecular formula is C20H16F3N3O2. The van der Waals surface area contributed by atoms with Crippen LogP contribution in [0.1, 0.15) is 29.2 Å². The maximum atomic E-state index is 13.1. The van der Waals surface area contributed by atoms with E-state index in [2.05, 4.69) is 10.3 Å². The number of carbonyl (C=O) groups is 1. The number of methoxy groups -OCH3 is 1. The van der Waals surface area contributed by atoms with E-state index < -0.39 is 11.7 Å². The van der Waals surface area contributed by atoms with Crippen LogP contribution in [0.4, 0.5) is 19.0 Å². The Morgan fingerprint density at radius 1 is 1.18 bits per heavy atom. The Kier molecular flexibility index (Phi) is 4.33. The number of nitrogens with one attached hydrogen (secondary N) is 1. The number of fused-ring (bicyclic) bond motifs is 1. The van der Waals surface area contributed by atoms with Gasteiger partial charge in [0.2, 0.25) is 5.91 Å². The maximum Gasteiger partial charge on any atom is 0.416 e. The van der Waals surface area contributed by atoms with E-state index >= 15 is 0 Å². The van der Waals surface area contributed by atoms with Crippen molar-refractivity contribution in [2.24, 2.45) is 0 Å². The number of anilines is 1. The summed E-state index contributed by atoms with van der Waals surface area (Å²) >= 11 is 0. The minimum Gasteiger partial charge on any atom is -0.497 e. The predicted octanol–water partition coefficient (Wildman–Crippen LogP) is 4.37. The van der Waals surface area contributed by atoms with Gasteiger partial charge in [0.1, 0.15) is 12.1 Å². The highest BCUT2D eigenvalue weighted by molar-refractivity contribution is 5.94. The first-order valence-corrected chi connectivity index (χ1v) is 8.55. The van der Waals surface area contributed by atoms with Crippen LogP contribution in [0.5, 0.6) is 5.75 Å². The van der Waals surface area contributed by atoms with Crippen molar-refractivity contribution < 1.29 is 22.7 Å². The molecule has 28 heavy (non-hydrogen) atoms. The quantitative estimate of drug-likeness (QED) is 0.726. The molecule has 4 rings (SSSR count). The molecule has 0 spiro atoms. The molecule has 0 radical (unpaired) electrons. The Balaban J connectivity index is 1.85. The van der Waals surface area contributed by atoms with Crippen LogP contribution in [0.25, 0.3) is 5.69 Å². The molecule has 5 nitrogen and oxygen atoms in total. The van der Waals surface area contributed by atoms with Crippen LogP contribution in [0, 0.1) is 0 Å². The van der Waals surface area contributed by atoms with Gasteiger partial charge in [0, 0.05) is 18.0 Å². The number of alkyl halides is 3. The van der Waals surface area contributed by atoms with Crippen LogP contribution < -0.4 is 10.1 Å². The van der Waals surface area contributed by atoms with Crippen molar-refractivity contribution in [1.82, 2.24) is 9.55 Å². The van der Waals surface area contributed by atoms with Crippen LogP contribution >= 0.6 is 0 Å². The molecule has 8 heteroatoms. The Morgan fingerprint density at radius 2 is 1.96 bits per heavy atom. The van der Waals surface area contributed by atoms with E-state index in [-0.39, 0.29) is 18.2 Å². The SMILES string of the molecule is COc1cccc([C@H]2CC(=O)Nc3ncn(-c4cccc(C(F)(F)F)c4)c32)c1. The van der Waals surface area contributed by atoms with Crippen molar-refractivity contribution in [2.45, 2.75) is 18.5 Å². The van der Waals surface area contributed by atoms with Crippen LogP contribution in [0.2, 0.25) is 0 Å². The Morgan fingerprint density at radius 3 is 2.71 bits per heavy atom. The normalized spacial score (nSPS) is 16.4. The lowest BCUT2D eigenvalue weighted by Gasteiger charge is -2.25. The van der Waals surface area contributed by atoms with Gasteiger partial charge in [-0.05, 0) is 35.9 Å². The maximum absolute atomic E-state index is 13.1. The van der Waals surface area contributed by atoms with E-state index in [9.17, 15) is 18.0 Å². The molecule has 0 saturated heterocycles. The monoisotopic (exact) mass is 387 g/mol. The lowest BCUT2D eigenvalue weighted by atomic mass is 9.89. The lowest BCUT2D eigenvalue weighted by Crippen LogP contribution is -2.25. The van der Waals surface area contributed by atoms with Crippen molar-refractivity contribution in [3.8, 4) is 11.4 Å². The van der Waals surface area contributed by atoms with Crippen molar-refractivity contribution >= 4 is 11.7 Å². The molecule has 2 aromatic carbocycles. The zero-order valence-electron chi connectivity index (χ0n) is 14.8. The van der Waals surface area contributed by atoms with E-state index in [0.717, 1.165) is 17.7 Å². The fourth-order valence-corrected chi connectivity index (χ4v) is 3.42. The second-order valence-corrected chi connectivity index (χ2v) is 6.48. The summed E-state index contributed by atoms with van der Waals surface area (Å²) in [5.74, 6) is 0.419. The van der Waals surface area contributed by atoms with Gasteiger partial charge in [-0.15, -0.1) is 0 Å². The zero-order valence-corrected chi connectivity index (χ0v) is 14.8. The lowest BCUT2D eigenvalue weighted by molar-refractivity contribution is -0.137. The molecule has 0 saturated carbocycles. The number of amides is 1. The third kappa shape index (κ3) is 3.21. The Labute approximate surface area is 158 Å². The first kappa shape index (κ1) is 18.1. The van der Waals surface area contributed by atoms with Gasteiger partial charge in [0.15, 0.2) is 5.82 Å². The first-order valence-electron chi connectivity index (χ1n) is 8.55. The zero-order chi connectivity index (χ0) is 19.9. The van der Waals surface area contributed by atoms with Gasteiger partial charge in [-0.2, -0.15) is 13.2 Å². The van der Waals surface area contributed by atoms with Crippen LogP contribution in [-0.4, -0.2) is 22.6 Å². The Bertz CT molecular complexity index is 1040. The molecule has 0 aliphatic carbocycles. The van der Waals surface area contributed by atoms with Gasteiger partial charge in [0.05, 0.1) is 18.4 Å². The van der Waals surface area contributed by atoms with Crippen LogP contribution in [0.3, 0.4) is 0 Å². The van der Waals surface area contributed by atoms with Crippen molar-refractivity contribution in [3.63, 3.8) is 0 Å². The summed E-state index contributed by atoms with van der Waals surface area (Å²) in [5, 5.41) is 2.70. The largest absolute Gasteiger partial charge is 0.497 e. The summed E-state index contributed by atoms with van der Waals surface area (Å²) in [6.07, 6.45) is -2.86. The van der Waals surface area contributed by atoms with E-state index in [1.165, 1.54) is 12.4 Å². The van der Waals surface area contributed by atoms with Gasteiger partial charge in [-0.3, -0.25) is 4.79 Å². The number of hydrogen-bond donors (Lipinski definition) is 1. The highest BCUT2D eigenvalue weighted by Crippen LogP contribution is 2.39. The molecule has 1 aliphatic rings. The number of aromatic nitrogens is 2.